The smallest absolute Gasteiger partial charge is 0.288 e. The molecule has 0 radical (unpaired) electrons. The van der Waals surface area contributed by atoms with E-state index in [0.717, 1.165) is 12.8 Å². The zero-order valence-corrected chi connectivity index (χ0v) is 12.9. The number of aromatic nitrogens is 1. The van der Waals surface area contributed by atoms with Crippen LogP contribution in [-0.2, 0) is 15.6 Å². The summed E-state index contributed by atoms with van der Waals surface area (Å²) in [6.45, 7) is 3.97. The SMILES string of the molecule is CCCC(C)NC(=O)CS(=O)c1nc2ccc(N)cc2o1. The molecule has 0 bridgehead atoms. The largest absolute Gasteiger partial charge is 0.430 e. The van der Waals surface area contributed by atoms with Crippen LogP contribution < -0.4 is 11.1 Å². The number of nitrogens with one attached hydrogen (secondary N) is 1. The number of rotatable bonds is 6. The van der Waals surface area contributed by atoms with Gasteiger partial charge >= 0.3 is 0 Å². The lowest BCUT2D eigenvalue weighted by molar-refractivity contribution is -0.119. The highest BCUT2D eigenvalue weighted by molar-refractivity contribution is 7.85. The Kier molecular flexibility index (Phi) is 4.95. The van der Waals surface area contributed by atoms with Gasteiger partial charge in [0.05, 0.1) is 0 Å². The molecule has 2 aromatic rings. The second kappa shape index (κ2) is 6.71. The lowest BCUT2D eigenvalue weighted by Crippen LogP contribution is -2.35. The van der Waals surface area contributed by atoms with Crippen LogP contribution in [-0.4, -0.2) is 26.9 Å². The molecule has 0 fully saturated rings. The van der Waals surface area contributed by atoms with Gasteiger partial charge in [-0.15, -0.1) is 0 Å². The van der Waals surface area contributed by atoms with Crippen molar-refractivity contribution in [1.29, 1.82) is 0 Å². The number of anilines is 1. The molecular weight excluding hydrogens is 290 g/mol. The molecule has 2 atom stereocenters. The standard InChI is InChI=1S/C14H19N3O3S/c1-3-4-9(2)16-13(18)8-21(19)14-17-11-6-5-10(15)7-12(11)20-14/h5-7,9H,3-4,8,15H2,1-2H3,(H,16,18). The highest BCUT2D eigenvalue weighted by atomic mass is 32.2. The second-order valence-corrected chi connectivity index (χ2v) is 6.28. The van der Waals surface area contributed by atoms with E-state index < -0.39 is 10.8 Å². The summed E-state index contributed by atoms with van der Waals surface area (Å²) in [6.07, 6.45) is 1.87. The fourth-order valence-corrected chi connectivity index (χ4v) is 2.85. The fourth-order valence-electron chi connectivity index (χ4n) is 2.02. The zero-order chi connectivity index (χ0) is 15.4. The van der Waals surface area contributed by atoms with Gasteiger partial charge in [-0.3, -0.25) is 4.79 Å². The minimum atomic E-state index is -1.60. The highest BCUT2D eigenvalue weighted by Crippen LogP contribution is 2.20. The predicted octanol–water partition coefficient (Wildman–Crippen LogP) is 1.82. The van der Waals surface area contributed by atoms with Gasteiger partial charge in [-0.05, 0) is 25.5 Å². The van der Waals surface area contributed by atoms with Crippen LogP contribution in [0.2, 0.25) is 0 Å². The van der Waals surface area contributed by atoms with Crippen molar-refractivity contribution in [3.63, 3.8) is 0 Å². The molecule has 0 saturated heterocycles. The minimum absolute atomic E-state index is 0.0499. The second-order valence-electron chi connectivity index (χ2n) is 4.95. The summed E-state index contributed by atoms with van der Waals surface area (Å²) in [4.78, 5) is 15.9. The van der Waals surface area contributed by atoms with Crippen LogP contribution in [0, 0.1) is 0 Å². The Morgan fingerprint density at radius 3 is 3.00 bits per heavy atom. The summed E-state index contributed by atoms with van der Waals surface area (Å²) in [7, 11) is -1.60. The van der Waals surface area contributed by atoms with Crippen molar-refractivity contribution in [1.82, 2.24) is 10.3 Å². The first-order chi connectivity index (χ1) is 9.99. The summed E-state index contributed by atoms with van der Waals surface area (Å²) in [5, 5.41) is 2.85. The molecule has 7 heteroatoms. The number of hydrogen-bond acceptors (Lipinski definition) is 5. The normalized spacial score (nSPS) is 14.0. The molecule has 2 unspecified atom stereocenters. The van der Waals surface area contributed by atoms with Gasteiger partial charge in [-0.25, -0.2) is 9.19 Å². The Hall–Kier alpha value is -1.89. The molecule has 1 heterocycles. The molecule has 0 saturated carbocycles. The van der Waals surface area contributed by atoms with E-state index in [1.807, 2.05) is 13.8 Å². The van der Waals surface area contributed by atoms with E-state index in [1.54, 1.807) is 18.2 Å². The van der Waals surface area contributed by atoms with Crippen molar-refractivity contribution < 1.29 is 13.4 Å². The van der Waals surface area contributed by atoms with Crippen LogP contribution in [0.5, 0.6) is 0 Å². The lowest BCUT2D eigenvalue weighted by Gasteiger charge is -2.11. The molecule has 1 amide bonds. The Labute approximate surface area is 125 Å². The Bertz CT molecular complexity index is 669. The van der Waals surface area contributed by atoms with Crippen LogP contribution in [0.1, 0.15) is 26.7 Å². The van der Waals surface area contributed by atoms with Gasteiger partial charge in [0.25, 0.3) is 5.22 Å². The number of amides is 1. The fraction of sp³-hybridized carbons (Fsp3) is 0.429. The van der Waals surface area contributed by atoms with Crippen molar-refractivity contribution in [2.75, 3.05) is 11.5 Å². The average Bonchev–Trinajstić information content (AvgIpc) is 2.81. The van der Waals surface area contributed by atoms with E-state index in [-0.39, 0.29) is 22.9 Å². The van der Waals surface area contributed by atoms with E-state index in [2.05, 4.69) is 10.3 Å². The van der Waals surface area contributed by atoms with Crippen molar-refractivity contribution in [3.8, 4) is 0 Å². The maximum atomic E-state index is 12.1. The van der Waals surface area contributed by atoms with Gasteiger partial charge < -0.3 is 15.5 Å². The number of benzene rings is 1. The minimum Gasteiger partial charge on any atom is -0.430 e. The van der Waals surface area contributed by atoms with Crippen LogP contribution in [0.3, 0.4) is 0 Å². The van der Waals surface area contributed by atoms with Crippen LogP contribution in [0.25, 0.3) is 11.1 Å². The summed E-state index contributed by atoms with van der Waals surface area (Å²) in [5.74, 6) is -0.424. The number of carbonyl (C=O) groups is 1. The number of oxazole rings is 1. The van der Waals surface area contributed by atoms with Crippen molar-refractivity contribution in [3.05, 3.63) is 18.2 Å². The van der Waals surface area contributed by atoms with Crippen LogP contribution >= 0.6 is 0 Å². The first kappa shape index (κ1) is 15.5. The molecule has 1 aromatic carbocycles. The third-order valence-corrected chi connectivity index (χ3v) is 4.07. The van der Waals surface area contributed by atoms with Crippen LogP contribution in [0.4, 0.5) is 5.69 Å². The zero-order valence-electron chi connectivity index (χ0n) is 12.1. The number of hydrogen-bond donors (Lipinski definition) is 2. The first-order valence-corrected chi connectivity index (χ1v) is 8.15. The average molecular weight is 309 g/mol. The van der Waals surface area contributed by atoms with Crippen molar-refractivity contribution in [2.24, 2.45) is 0 Å². The molecule has 0 spiro atoms. The number of nitrogen functional groups attached to an aromatic ring is 1. The maximum absolute atomic E-state index is 12.1. The Morgan fingerprint density at radius 2 is 2.29 bits per heavy atom. The number of fused-ring (bicyclic) bond motifs is 1. The molecular formula is C14H19N3O3S. The molecule has 0 aliphatic carbocycles. The Morgan fingerprint density at radius 1 is 1.52 bits per heavy atom. The van der Waals surface area contributed by atoms with E-state index in [9.17, 15) is 9.00 Å². The van der Waals surface area contributed by atoms with Gasteiger partial charge in [0.15, 0.2) is 5.58 Å². The van der Waals surface area contributed by atoms with E-state index in [0.29, 0.717) is 16.8 Å². The molecule has 21 heavy (non-hydrogen) atoms. The number of nitrogens with two attached hydrogens (primary N) is 1. The first-order valence-electron chi connectivity index (χ1n) is 6.83. The summed E-state index contributed by atoms with van der Waals surface area (Å²) >= 11 is 0. The van der Waals surface area contributed by atoms with Crippen molar-refractivity contribution in [2.45, 2.75) is 38.0 Å². The van der Waals surface area contributed by atoms with E-state index >= 15 is 0 Å². The molecule has 3 N–H and O–H groups in total. The summed E-state index contributed by atoms with van der Waals surface area (Å²) in [6, 6.07) is 5.07. The number of carbonyl (C=O) groups excluding carboxylic acids is 1. The number of nitrogens with zero attached hydrogens (tertiary/aromatic N) is 1. The van der Waals surface area contributed by atoms with E-state index in [4.69, 9.17) is 10.2 Å². The van der Waals surface area contributed by atoms with Gasteiger partial charge in [0.2, 0.25) is 5.91 Å². The Balaban J connectivity index is 2.03. The van der Waals surface area contributed by atoms with E-state index in [1.165, 1.54) is 0 Å². The topological polar surface area (TPSA) is 98.2 Å². The third kappa shape index (κ3) is 4.04. The van der Waals surface area contributed by atoms with Gasteiger partial charge in [0, 0.05) is 17.8 Å². The molecule has 1 aromatic heterocycles. The summed E-state index contributed by atoms with van der Waals surface area (Å²) in [5.41, 5.74) is 7.24. The predicted molar refractivity (Wildman–Crippen MR) is 82.2 cm³/mol. The lowest BCUT2D eigenvalue weighted by atomic mass is 10.2. The van der Waals surface area contributed by atoms with Gasteiger partial charge in [-0.2, -0.15) is 0 Å². The quantitative estimate of drug-likeness (QED) is 0.793. The van der Waals surface area contributed by atoms with Crippen molar-refractivity contribution >= 4 is 33.5 Å². The third-order valence-electron chi connectivity index (χ3n) is 2.98. The van der Waals surface area contributed by atoms with Crippen LogP contribution in [0.15, 0.2) is 27.8 Å². The molecule has 2 rings (SSSR count). The highest BCUT2D eigenvalue weighted by Gasteiger charge is 2.17. The van der Waals surface area contributed by atoms with Gasteiger partial charge in [-0.1, -0.05) is 13.3 Å². The maximum Gasteiger partial charge on any atom is 0.288 e. The molecule has 0 aliphatic heterocycles. The molecule has 114 valence electrons. The summed E-state index contributed by atoms with van der Waals surface area (Å²) < 4.78 is 17.5. The van der Waals surface area contributed by atoms with Gasteiger partial charge in [0.1, 0.15) is 22.1 Å². The molecule has 0 aliphatic rings. The molecule has 6 nitrogen and oxygen atoms in total. The monoisotopic (exact) mass is 309 g/mol.